The van der Waals surface area contributed by atoms with Gasteiger partial charge in [0.05, 0.1) is 27.7 Å². The number of primary amides is 1. The molecule has 5 rings (SSSR count). The highest BCUT2D eigenvalue weighted by Gasteiger charge is 2.65. The topological polar surface area (TPSA) is 120 Å². The molecular formula is C22H30Cl3N5O3S. The predicted octanol–water partition coefficient (Wildman–Crippen LogP) is 4.08. The second kappa shape index (κ2) is 9.32. The van der Waals surface area contributed by atoms with Gasteiger partial charge in [-0.05, 0) is 62.5 Å². The van der Waals surface area contributed by atoms with Gasteiger partial charge in [0, 0.05) is 24.2 Å². The molecule has 4 fully saturated rings. The van der Waals surface area contributed by atoms with Gasteiger partial charge in [0.2, 0.25) is 11.8 Å². The van der Waals surface area contributed by atoms with Crippen LogP contribution in [0.15, 0.2) is 12.1 Å². The van der Waals surface area contributed by atoms with E-state index in [9.17, 15) is 13.8 Å². The van der Waals surface area contributed by atoms with Gasteiger partial charge >= 0.3 is 0 Å². The van der Waals surface area contributed by atoms with E-state index in [2.05, 4.69) is 5.32 Å². The van der Waals surface area contributed by atoms with Crippen molar-refractivity contribution in [3.05, 3.63) is 27.2 Å². The Kier molecular flexibility index (Phi) is 7.08. The molecule has 12 heteroatoms. The standard InChI is InChI=1S/C22H30Cl3N5O3S/c1-3-29(34(27,33)30(4-2)20-16(24)7-14(23)8-17(20)25)11-18(31)28-19-13-5-12-6-15(19)22(9-12,10-13)21(26)32/h7-8,12-13,15,19,27H,3-6,9-11H2,1-2H3,(H2,26,32)(H,28,31). The summed E-state index contributed by atoms with van der Waals surface area (Å²) in [7, 11) is -3.63. The molecule has 4 N–H and O–H groups in total. The largest absolute Gasteiger partial charge is 0.369 e. The molecule has 1 aromatic rings. The Labute approximate surface area is 215 Å². The summed E-state index contributed by atoms with van der Waals surface area (Å²) < 4.78 is 25.1. The second-order valence-electron chi connectivity index (χ2n) is 9.59. The molecule has 4 bridgehead atoms. The maximum absolute atomic E-state index is 13.7. The number of carbonyl (C=O) groups excluding carboxylic acids is 2. The molecule has 0 radical (unpaired) electrons. The lowest BCUT2D eigenvalue weighted by Gasteiger charge is -2.35. The van der Waals surface area contributed by atoms with E-state index in [4.69, 9.17) is 45.3 Å². The molecule has 188 valence electrons. The van der Waals surface area contributed by atoms with Gasteiger partial charge in [-0.3, -0.25) is 13.9 Å². The summed E-state index contributed by atoms with van der Waals surface area (Å²) in [5.74, 6) is 0.179. The number of rotatable bonds is 9. The van der Waals surface area contributed by atoms with E-state index in [1.807, 2.05) is 0 Å². The molecule has 8 nitrogen and oxygen atoms in total. The van der Waals surface area contributed by atoms with Crippen molar-refractivity contribution in [3.8, 4) is 0 Å². The van der Waals surface area contributed by atoms with Crippen LogP contribution in [0.2, 0.25) is 15.1 Å². The maximum Gasteiger partial charge on any atom is 0.235 e. The lowest BCUT2D eigenvalue weighted by Crippen LogP contribution is -2.51. The third-order valence-corrected chi connectivity index (χ3v) is 10.7. The van der Waals surface area contributed by atoms with Crippen LogP contribution in [0, 0.1) is 27.9 Å². The summed E-state index contributed by atoms with van der Waals surface area (Å²) >= 11 is 18.7. The number of likely N-dealkylation sites (N-methyl/N-ethyl adjacent to an activating group) is 1. The Balaban J connectivity index is 1.52. The monoisotopic (exact) mass is 549 g/mol. The Hall–Kier alpha value is -1.26. The van der Waals surface area contributed by atoms with Crippen molar-refractivity contribution in [2.45, 2.75) is 45.6 Å². The predicted molar refractivity (Wildman–Crippen MR) is 135 cm³/mol. The van der Waals surface area contributed by atoms with Crippen LogP contribution in [-0.2, 0) is 19.7 Å². The fourth-order valence-electron chi connectivity index (χ4n) is 6.56. The first-order valence-corrected chi connectivity index (χ1v) is 14.1. The normalized spacial score (nSPS) is 31.0. The van der Waals surface area contributed by atoms with Crippen molar-refractivity contribution in [1.82, 2.24) is 9.62 Å². The number of nitrogens with zero attached hydrogens (tertiary/aromatic N) is 2. The van der Waals surface area contributed by atoms with Gasteiger partial charge in [0.15, 0.2) is 10.1 Å². The van der Waals surface area contributed by atoms with Crippen molar-refractivity contribution in [2.75, 3.05) is 23.9 Å². The summed E-state index contributed by atoms with van der Waals surface area (Å²) in [5.41, 5.74) is 5.51. The van der Waals surface area contributed by atoms with E-state index in [-0.39, 0.29) is 65.1 Å². The first-order chi connectivity index (χ1) is 15.9. The molecule has 4 saturated carbocycles. The van der Waals surface area contributed by atoms with Crippen LogP contribution in [0.25, 0.3) is 0 Å². The SMILES string of the molecule is CCN(CC(=O)NC1C2CC3CC1C(C(N)=O)(C3)C2)S(=N)(=O)N(CC)c1c(Cl)cc(Cl)cc1Cl. The molecule has 0 heterocycles. The zero-order valence-electron chi connectivity index (χ0n) is 19.2. The number of nitrogens with two attached hydrogens (primary N) is 1. The van der Waals surface area contributed by atoms with E-state index < -0.39 is 15.5 Å². The lowest BCUT2D eigenvalue weighted by atomic mass is 9.75. The van der Waals surface area contributed by atoms with Crippen molar-refractivity contribution in [3.63, 3.8) is 0 Å². The molecule has 0 aliphatic heterocycles. The van der Waals surface area contributed by atoms with Crippen molar-refractivity contribution in [1.29, 1.82) is 4.78 Å². The molecule has 0 spiro atoms. The van der Waals surface area contributed by atoms with Crippen LogP contribution in [0.5, 0.6) is 0 Å². The highest BCUT2D eigenvalue weighted by molar-refractivity contribution is 7.91. The van der Waals surface area contributed by atoms with E-state index >= 15 is 0 Å². The summed E-state index contributed by atoms with van der Waals surface area (Å²) in [4.78, 5) is 25.4. The van der Waals surface area contributed by atoms with Crippen LogP contribution in [0.4, 0.5) is 5.69 Å². The number of hydrogen-bond acceptors (Lipinski definition) is 4. The average Bonchev–Trinajstić information content (AvgIpc) is 3.13. The third kappa shape index (κ3) is 4.17. The zero-order chi connectivity index (χ0) is 25.0. The van der Waals surface area contributed by atoms with Crippen molar-refractivity contribution < 1.29 is 13.8 Å². The molecule has 1 aromatic carbocycles. The van der Waals surface area contributed by atoms with Gasteiger partial charge in [-0.25, -0.2) is 8.99 Å². The number of amides is 2. The van der Waals surface area contributed by atoms with Crippen LogP contribution >= 0.6 is 34.8 Å². The number of nitrogens with one attached hydrogen (secondary N) is 2. The van der Waals surface area contributed by atoms with Gasteiger partial charge in [0.1, 0.15) is 0 Å². The minimum Gasteiger partial charge on any atom is -0.369 e. The van der Waals surface area contributed by atoms with Gasteiger partial charge < -0.3 is 11.1 Å². The minimum absolute atomic E-state index is 0.0481. The van der Waals surface area contributed by atoms with E-state index in [0.717, 1.165) is 25.7 Å². The fourth-order valence-corrected chi connectivity index (χ4v) is 9.39. The average molecular weight is 551 g/mol. The van der Waals surface area contributed by atoms with Crippen molar-refractivity contribution in [2.24, 2.45) is 28.9 Å². The number of carbonyl (C=O) groups is 2. The number of anilines is 1. The molecule has 34 heavy (non-hydrogen) atoms. The summed E-state index contributed by atoms with van der Waals surface area (Å²) in [5, 5.41) is 3.77. The minimum atomic E-state index is -3.63. The van der Waals surface area contributed by atoms with Gasteiger partial charge in [-0.2, -0.15) is 4.31 Å². The molecule has 6 unspecified atom stereocenters. The Bertz CT molecular complexity index is 1090. The Morgan fingerprint density at radius 1 is 1.18 bits per heavy atom. The molecule has 0 aromatic heterocycles. The highest BCUT2D eigenvalue weighted by atomic mass is 35.5. The highest BCUT2D eigenvalue weighted by Crippen LogP contribution is 2.65. The molecular weight excluding hydrogens is 521 g/mol. The first-order valence-electron chi connectivity index (χ1n) is 11.5. The molecule has 4 aliphatic rings. The number of hydrogen-bond donors (Lipinski definition) is 3. The molecule has 4 aliphatic carbocycles. The first kappa shape index (κ1) is 25.8. The smallest absolute Gasteiger partial charge is 0.235 e. The Morgan fingerprint density at radius 2 is 1.82 bits per heavy atom. The quantitative estimate of drug-likeness (QED) is 0.430. The van der Waals surface area contributed by atoms with Crippen LogP contribution in [-0.4, -0.2) is 46.0 Å². The van der Waals surface area contributed by atoms with E-state index in [1.54, 1.807) is 13.8 Å². The number of benzene rings is 1. The van der Waals surface area contributed by atoms with Crippen LogP contribution in [0.3, 0.4) is 0 Å². The van der Waals surface area contributed by atoms with Gasteiger partial charge in [-0.15, -0.1) is 0 Å². The van der Waals surface area contributed by atoms with Crippen LogP contribution in [0.1, 0.15) is 39.5 Å². The lowest BCUT2D eigenvalue weighted by molar-refractivity contribution is -0.130. The Morgan fingerprint density at radius 3 is 2.38 bits per heavy atom. The zero-order valence-corrected chi connectivity index (χ0v) is 22.2. The molecule has 0 saturated heterocycles. The summed E-state index contributed by atoms with van der Waals surface area (Å²) in [6, 6.07) is 2.83. The third-order valence-electron chi connectivity index (χ3n) is 7.81. The maximum atomic E-state index is 13.7. The van der Waals surface area contributed by atoms with Crippen LogP contribution < -0.4 is 15.4 Å². The molecule has 6 atom stereocenters. The summed E-state index contributed by atoms with van der Waals surface area (Å²) in [6.07, 6.45) is 3.42. The fraction of sp³-hybridized carbons (Fsp3) is 0.636. The van der Waals surface area contributed by atoms with E-state index in [1.165, 1.54) is 20.7 Å². The number of halogens is 3. The second-order valence-corrected chi connectivity index (χ2v) is 12.8. The van der Waals surface area contributed by atoms with Gasteiger partial charge in [0.25, 0.3) is 0 Å². The summed E-state index contributed by atoms with van der Waals surface area (Å²) in [6.45, 7) is 3.61. The van der Waals surface area contributed by atoms with Gasteiger partial charge in [-0.1, -0.05) is 41.7 Å². The van der Waals surface area contributed by atoms with Crippen molar-refractivity contribution >= 4 is 62.4 Å². The van der Waals surface area contributed by atoms with E-state index in [0.29, 0.717) is 10.9 Å². The molecule has 2 amide bonds.